The molecular formula is C19H17N3O3S. The largest absolute Gasteiger partial charge is 0.352 e. The standard InChI is InChI=1S/C19H17N3O3S/c23-18(20-12-15-6-8-17(9-7-15)22(24)25)11-16-13-26-19(21-16)10-14-4-2-1-3-5-14/h1-9,13H,10-12H2,(H,20,23). The van der Waals surface area contributed by atoms with Crippen molar-refractivity contribution in [2.75, 3.05) is 0 Å². The molecular weight excluding hydrogens is 350 g/mol. The maximum absolute atomic E-state index is 12.1. The van der Waals surface area contributed by atoms with Gasteiger partial charge in [-0.1, -0.05) is 42.5 Å². The van der Waals surface area contributed by atoms with Gasteiger partial charge in [-0.25, -0.2) is 4.98 Å². The van der Waals surface area contributed by atoms with E-state index in [-0.39, 0.29) is 18.0 Å². The predicted molar refractivity (Wildman–Crippen MR) is 100 cm³/mol. The molecule has 1 amide bonds. The SMILES string of the molecule is O=C(Cc1csc(Cc2ccccc2)n1)NCc1ccc([N+](=O)[O-])cc1. The van der Waals surface area contributed by atoms with E-state index in [0.29, 0.717) is 6.54 Å². The van der Waals surface area contributed by atoms with Crippen molar-refractivity contribution in [3.8, 4) is 0 Å². The summed E-state index contributed by atoms with van der Waals surface area (Å²) in [5.41, 5.74) is 2.79. The lowest BCUT2D eigenvalue weighted by atomic mass is 10.2. The summed E-state index contributed by atoms with van der Waals surface area (Å²) in [5.74, 6) is -0.125. The van der Waals surface area contributed by atoms with Crippen LogP contribution in [0.4, 0.5) is 5.69 Å². The number of amides is 1. The first-order chi connectivity index (χ1) is 12.6. The van der Waals surface area contributed by atoms with E-state index in [1.807, 2.05) is 23.6 Å². The van der Waals surface area contributed by atoms with Gasteiger partial charge in [-0.05, 0) is 11.1 Å². The second-order valence-corrected chi connectivity index (χ2v) is 6.71. The number of hydrogen-bond acceptors (Lipinski definition) is 5. The Morgan fingerprint density at radius 2 is 1.81 bits per heavy atom. The number of carbonyl (C=O) groups excluding carboxylic acids is 1. The molecule has 132 valence electrons. The van der Waals surface area contributed by atoms with E-state index in [1.54, 1.807) is 23.5 Å². The van der Waals surface area contributed by atoms with Crippen LogP contribution in [0.3, 0.4) is 0 Å². The minimum absolute atomic E-state index is 0.0356. The quantitative estimate of drug-likeness (QED) is 0.512. The Bertz CT molecular complexity index is 892. The third-order valence-corrected chi connectivity index (χ3v) is 4.67. The monoisotopic (exact) mass is 367 g/mol. The van der Waals surface area contributed by atoms with Crippen LogP contribution in [-0.4, -0.2) is 15.8 Å². The number of thiazole rings is 1. The molecule has 0 saturated carbocycles. The third-order valence-electron chi connectivity index (χ3n) is 3.78. The lowest BCUT2D eigenvalue weighted by molar-refractivity contribution is -0.384. The van der Waals surface area contributed by atoms with Crippen LogP contribution in [0.5, 0.6) is 0 Å². The molecule has 3 aromatic rings. The Kier molecular flexibility index (Phi) is 5.70. The lowest BCUT2D eigenvalue weighted by Crippen LogP contribution is -2.24. The van der Waals surface area contributed by atoms with Gasteiger partial charge in [0.1, 0.15) is 0 Å². The van der Waals surface area contributed by atoms with Gasteiger partial charge in [0.25, 0.3) is 5.69 Å². The Labute approximate surface area is 154 Å². The van der Waals surface area contributed by atoms with Gasteiger partial charge >= 0.3 is 0 Å². The summed E-state index contributed by atoms with van der Waals surface area (Å²) < 4.78 is 0. The highest BCUT2D eigenvalue weighted by atomic mass is 32.1. The second-order valence-electron chi connectivity index (χ2n) is 5.77. The average Bonchev–Trinajstić information content (AvgIpc) is 3.08. The summed E-state index contributed by atoms with van der Waals surface area (Å²) in [7, 11) is 0. The zero-order chi connectivity index (χ0) is 18.4. The van der Waals surface area contributed by atoms with Crippen molar-refractivity contribution in [2.24, 2.45) is 0 Å². The van der Waals surface area contributed by atoms with Crippen LogP contribution in [0.15, 0.2) is 60.0 Å². The highest BCUT2D eigenvalue weighted by molar-refractivity contribution is 7.09. The van der Waals surface area contributed by atoms with E-state index in [4.69, 9.17) is 0 Å². The van der Waals surface area contributed by atoms with Crippen molar-refractivity contribution in [3.63, 3.8) is 0 Å². The molecule has 0 aliphatic heterocycles. The van der Waals surface area contributed by atoms with Crippen molar-refractivity contribution in [1.29, 1.82) is 0 Å². The zero-order valence-electron chi connectivity index (χ0n) is 13.9. The van der Waals surface area contributed by atoms with Gasteiger partial charge in [-0.15, -0.1) is 11.3 Å². The molecule has 1 N–H and O–H groups in total. The van der Waals surface area contributed by atoms with E-state index >= 15 is 0 Å². The Balaban J connectivity index is 1.50. The molecule has 6 nitrogen and oxygen atoms in total. The highest BCUT2D eigenvalue weighted by Crippen LogP contribution is 2.15. The lowest BCUT2D eigenvalue weighted by Gasteiger charge is -2.04. The summed E-state index contributed by atoms with van der Waals surface area (Å²) in [6.07, 6.45) is 0.980. The number of hydrogen-bond donors (Lipinski definition) is 1. The summed E-state index contributed by atoms with van der Waals surface area (Å²) in [6, 6.07) is 16.2. The van der Waals surface area contributed by atoms with E-state index in [2.05, 4.69) is 22.4 Å². The van der Waals surface area contributed by atoms with Gasteiger partial charge in [0, 0.05) is 30.5 Å². The van der Waals surface area contributed by atoms with Crippen molar-refractivity contribution in [1.82, 2.24) is 10.3 Å². The molecule has 0 radical (unpaired) electrons. The summed E-state index contributed by atoms with van der Waals surface area (Å²) in [5, 5.41) is 16.3. The molecule has 7 heteroatoms. The molecule has 0 bridgehead atoms. The van der Waals surface area contributed by atoms with Gasteiger partial charge < -0.3 is 5.32 Å². The minimum Gasteiger partial charge on any atom is -0.352 e. The van der Waals surface area contributed by atoms with E-state index < -0.39 is 4.92 Å². The van der Waals surface area contributed by atoms with Crippen LogP contribution in [-0.2, 0) is 24.2 Å². The van der Waals surface area contributed by atoms with Gasteiger partial charge in [0.15, 0.2) is 0 Å². The number of nitrogens with one attached hydrogen (secondary N) is 1. The molecule has 0 saturated heterocycles. The van der Waals surface area contributed by atoms with E-state index in [9.17, 15) is 14.9 Å². The normalized spacial score (nSPS) is 10.5. The number of rotatable bonds is 7. The fourth-order valence-electron chi connectivity index (χ4n) is 2.44. The molecule has 0 spiro atoms. The minimum atomic E-state index is -0.447. The molecule has 3 rings (SSSR count). The van der Waals surface area contributed by atoms with Crippen LogP contribution in [0.1, 0.15) is 21.8 Å². The number of benzene rings is 2. The highest BCUT2D eigenvalue weighted by Gasteiger charge is 2.09. The predicted octanol–water partition coefficient (Wildman–Crippen LogP) is 3.50. The Morgan fingerprint density at radius 3 is 2.50 bits per heavy atom. The molecule has 2 aromatic carbocycles. The van der Waals surface area contributed by atoms with Crippen molar-refractivity contribution >= 4 is 22.9 Å². The topological polar surface area (TPSA) is 85.1 Å². The van der Waals surface area contributed by atoms with Crippen LogP contribution < -0.4 is 5.32 Å². The number of nitro benzene ring substituents is 1. The third kappa shape index (κ3) is 4.97. The van der Waals surface area contributed by atoms with Crippen molar-refractivity contribution < 1.29 is 9.72 Å². The molecule has 0 aliphatic carbocycles. The number of nitrogens with zero attached hydrogens (tertiary/aromatic N) is 2. The van der Waals surface area contributed by atoms with Gasteiger partial charge in [0.2, 0.25) is 5.91 Å². The summed E-state index contributed by atoms with van der Waals surface area (Å²) >= 11 is 1.55. The first kappa shape index (κ1) is 17.8. The molecule has 26 heavy (non-hydrogen) atoms. The van der Waals surface area contributed by atoms with Crippen molar-refractivity contribution in [2.45, 2.75) is 19.4 Å². The molecule has 0 fully saturated rings. The van der Waals surface area contributed by atoms with Gasteiger partial charge in [-0.2, -0.15) is 0 Å². The molecule has 1 heterocycles. The Hall–Kier alpha value is -3.06. The maximum Gasteiger partial charge on any atom is 0.269 e. The first-order valence-electron chi connectivity index (χ1n) is 8.07. The molecule has 1 aromatic heterocycles. The first-order valence-corrected chi connectivity index (χ1v) is 8.95. The maximum atomic E-state index is 12.1. The van der Waals surface area contributed by atoms with Crippen molar-refractivity contribution in [3.05, 3.63) is 91.9 Å². The fraction of sp³-hybridized carbons (Fsp3) is 0.158. The fourth-order valence-corrected chi connectivity index (χ4v) is 3.27. The molecule has 0 aliphatic rings. The van der Waals surface area contributed by atoms with Crippen LogP contribution >= 0.6 is 11.3 Å². The van der Waals surface area contributed by atoms with Gasteiger partial charge in [0.05, 0.1) is 22.0 Å². The second kappa shape index (κ2) is 8.35. The van der Waals surface area contributed by atoms with E-state index in [0.717, 1.165) is 22.7 Å². The van der Waals surface area contributed by atoms with E-state index in [1.165, 1.54) is 17.7 Å². The number of non-ortho nitro benzene ring substituents is 1. The molecule has 0 atom stereocenters. The molecule has 0 unspecified atom stereocenters. The number of aromatic nitrogens is 1. The van der Waals surface area contributed by atoms with Gasteiger partial charge in [-0.3, -0.25) is 14.9 Å². The summed E-state index contributed by atoms with van der Waals surface area (Å²) in [6.45, 7) is 0.331. The summed E-state index contributed by atoms with van der Waals surface area (Å²) in [4.78, 5) is 26.8. The average molecular weight is 367 g/mol. The number of nitro groups is 1. The van der Waals surface area contributed by atoms with Crippen LogP contribution in [0.25, 0.3) is 0 Å². The zero-order valence-corrected chi connectivity index (χ0v) is 14.7. The Morgan fingerprint density at radius 1 is 1.08 bits per heavy atom. The number of carbonyl (C=O) groups is 1. The van der Waals surface area contributed by atoms with Crippen LogP contribution in [0, 0.1) is 10.1 Å². The van der Waals surface area contributed by atoms with Crippen LogP contribution in [0.2, 0.25) is 0 Å². The smallest absolute Gasteiger partial charge is 0.269 e.